The van der Waals surface area contributed by atoms with E-state index in [-0.39, 0.29) is 17.7 Å². The summed E-state index contributed by atoms with van der Waals surface area (Å²) in [7, 11) is 3.54. The highest BCUT2D eigenvalue weighted by Gasteiger charge is 2.27. The molecule has 0 unspecified atom stereocenters. The van der Waals surface area contributed by atoms with Gasteiger partial charge >= 0.3 is 0 Å². The van der Waals surface area contributed by atoms with E-state index in [1.807, 2.05) is 56.0 Å². The van der Waals surface area contributed by atoms with Crippen LogP contribution in [0.25, 0.3) is 22.2 Å². The van der Waals surface area contributed by atoms with Crippen LogP contribution in [0.5, 0.6) is 5.88 Å². The molecule has 4 heterocycles. The number of fused-ring (bicyclic) bond motifs is 1. The van der Waals surface area contributed by atoms with Gasteiger partial charge in [-0.25, -0.2) is 9.67 Å². The van der Waals surface area contributed by atoms with E-state index in [1.54, 1.807) is 17.8 Å². The summed E-state index contributed by atoms with van der Waals surface area (Å²) in [6.45, 7) is 0. The largest absolute Gasteiger partial charge is 0.473 e. The molecular weight excluding hydrogens is 468 g/mol. The molecule has 37 heavy (non-hydrogen) atoms. The lowest BCUT2D eigenvalue weighted by atomic mass is 9.93. The summed E-state index contributed by atoms with van der Waals surface area (Å²) in [4.78, 5) is 16.3. The van der Waals surface area contributed by atoms with Gasteiger partial charge in [0.2, 0.25) is 5.88 Å². The van der Waals surface area contributed by atoms with Crippen LogP contribution in [0.15, 0.2) is 71.9 Å². The number of ether oxygens (including phenoxy) is 1. The Hall–Kier alpha value is -4.47. The van der Waals surface area contributed by atoms with Crippen LogP contribution in [-0.4, -0.2) is 40.4 Å². The maximum atomic E-state index is 11.6. The molecule has 188 valence electrons. The van der Waals surface area contributed by atoms with Gasteiger partial charge in [-0.1, -0.05) is 18.2 Å². The van der Waals surface area contributed by atoms with Crippen molar-refractivity contribution in [3.05, 3.63) is 77.5 Å². The standard InChI is InChI=1S/C27H28N8O2/c1-33-17-18(15-29-33)27-22-16-28-24(30-19-6-4-3-5-7-19)14-23(22)35(32-27)20-8-10-21(11-9-20)37-25-12-13-26(36)34(2)31-25/h3-7,12-17,20-21H,8-11H2,1-2H3,(H,28,30)/t20-,21+. The molecule has 10 nitrogen and oxygen atoms in total. The van der Waals surface area contributed by atoms with Crippen molar-refractivity contribution < 1.29 is 4.74 Å². The van der Waals surface area contributed by atoms with Gasteiger partial charge in [-0.05, 0) is 37.8 Å². The van der Waals surface area contributed by atoms with E-state index in [1.165, 1.54) is 10.7 Å². The average Bonchev–Trinajstić information content (AvgIpc) is 3.51. The van der Waals surface area contributed by atoms with Gasteiger partial charge in [-0.2, -0.15) is 10.2 Å². The summed E-state index contributed by atoms with van der Waals surface area (Å²) in [6, 6.07) is 15.5. The normalized spacial score (nSPS) is 17.7. The van der Waals surface area contributed by atoms with Crippen molar-refractivity contribution in [3.8, 4) is 17.1 Å². The number of nitrogens with one attached hydrogen (secondary N) is 1. The van der Waals surface area contributed by atoms with Crippen LogP contribution in [0, 0.1) is 0 Å². The zero-order valence-corrected chi connectivity index (χ0v) is 20.8. The van der Waals surface area contributed by atoms with Crippen LogP contribution in [0.1, 0.15) is 31.7 Å². The molecule has 0 aliphatic heterocycles. The van der Waals surface area contributed by atoms with Crippen LogP contribution >= 0.6 is 0 Å². The van der Waals surface area contributed by atoms with Crippen molar-refractivity contribution in [3.63, 3.8) is 0 Å². The Kier molecular flexibility index (Phi) is 5.91. The number of hydrogen-bond donors (Lipinski definition) is 1. The van der Waals surface area contributed by atoms with E-state index in [0.29, 0.717) is 5.88 Å². The minimum absolute atomic E-state index is 0.0536. The number of benzene rings is 1. The first kappa shape index (κ1) is 23.0. The molecule has 10 heteroatoms. The highest BCUT2D eigenvalue weighted by molar-refractivity contribution is 5.94. The zero-order chi connectivity index (χ0) is 25.4. The molecule has 5 aromatic rings. The molecule has 1 fully saturated rings. The first-order valence-electron chi connectivity index (χ1n) is 12.4. The lowest BCUT2D eigenvalue weighted by molar-refractivity contribution is 0.123. The van der Waals surface area contributed by atoms with Gasteiger partial charge < -0.3 is 10.1 Å². The van der Waals surface area contributed by atoms with Crippen LogP contribution in [0.3, 0.4) is 0 Å². The molecule has 0 radical (unpaired) electrons. The first-order valence-corrected chi connectivity index (χ1v) is 12.4. The van der Waals surface area contributed by atoms with E-state index in [4.69, 9.17) is 9.84 Å². The lowest BCUT2D eigenvalue weighted by Crippen LogP contribution is -2.27. The van der Waals surface area contributed by atoms with Gasteiger partial charge in [0.15, 0.2) is 0 Å². The molecule has 1 saturated carbocycles. The van der Waals surface area contributed by atoms with Crippen molar-refractivity contribution >= 4 is 22.4 Å². The third-order valence-corrected chi connectivity index (χ3v) is 6.83. The minimum Gasteiger partial charge on any atom is -0.473 e. The van der Waals surface area contributed by atoms with E-state index in [9.17, 15) is 4.79 Å². The minimum atomic E-state index is -0.151. The summed E-state index contributed by atoms with van der Waals surface area (Å²) < 4.78 is 11.3. The van der Waals surface area contributed by atoms with E-state index >= 15 is 0 Å². The number of hydrogen-bond acceptors (Lipinski definition) is 7. The SMILES string of the molecule is Cn1cc(-c2nn([C@H]3CC[C@@H](Oc4ccc(=O)n(C)n4)CC3)c3cc(Nc4ccccc4)ncc23)cn1. The van der Waals surface area contributed by atoms with Crippen molar-refractivity contribution in [1.29, 1.82) is 0 Å². The smallest absolute Gasteiger partial charge is 0.266 e. The van der Waals surface area contributed by atoms with Gasteiger partial charge in [0.25, 0.3) is 5.56 Å². The fraction of sp³-hybridized carbons (Fsp3) is 0.296. The average molecular weight is 497 g/mol. The lowest BCUT2D eigenvalue weighted by Gasteiger charge is -2.29. The third kappa shape index (κ3) is 4.69. The molecule has 0 bridgehead atoms. The number of anilines is 2. The molecule has 6 rings (SSSR count). The topological polar surface area (TPSA) is 105 Å². The fourth-order valence-electron chi connectivity index (χ4n) is 4.93. The van der Waals surface area contributed by atoms with E-state index < -0.39 is 0 Å². The molecule has 1 aliphatic rings. The number of pyridine rings is 1. The van der Waals surface area contributed by atoms with Gasteiger partial charge in [0, 0.05) is 61.3 Å². The van der Waals surface area contributed by atoms with Crippen LogP contribution in [0.2, 0.25) is 0 Å². The van der Waals surface area contributed by atoms with Crippen LogP contribution in [0.4, 0.5) is 11.5 Å². The number of nitrogens with zero attached hydrogens (tertiary/aromatic N) is 7. The molecular formula is C27H28N8O2. The van der Waals surface area contributed by atoms with Crippen molar-refractivity contribution in [2.24, 2.45) is 14.1 Å². The molecule has 0 spiro atoms. The second kappa shape index (κ2) is 9.53. The highest BCUT2D eigenvalue weighted by Crippen LogP contribution is 2.36. The summed E-state index contributed by atoms with van der Waals surface area (Å²) in [5.74, 6) is 1.26. The highest BCUT2D eigenvalue weighted by atomic mass is 16.5. The Labute approximate surface area is 213 Å². The van der Waals surface area contributed by atoms with Gasteiger partial charge in [-0.15, -0.1) is 5.10 Å². The van der Waals surface area contributed by atoms with Crippen molar-refractivity contribution in [2.75, 3.05) is 5.32 Å². The molecule has 1 aliphatic carbocycles. The Bertz CT molecular complexity index is 1600. The zero-order valence-electron chi connectivity index (χ0n) is 20.8. The van der Waals surface area contributed by atoms with E-state index in [0.717, 1.165) is 59.3 Å². The van der Waals surface area contributed by atoms with Crippen molar-refractivity contribution in [2.45, 2.75) is 37.8 Å². The summed E-state index contributed by atoms with van der Waals surface area (Å²) in [5, 5.41) is 18.0. The molecule has 1 N–H and O–H groups in total. The Morgan fingerprint density at radius 2 is 1.78 bits per heavy atom. The number of para-hydroxylation sites is 1. The summed E-state index contributed by atoms with van der Waals surface area (Å²) in [6.07, 6.45) is 9.36. The fourth-order valence-corrected chi connectivity index (χ4v) is 4.93. The molecule has 1 aromatic carbocycles. The summed E-state index contributed by atoms with van der Waals surface area (Å²) in [5.41, 5.74) is 3.72. The predicted molar refractivity (Wildman–Crippen MR) is 141 cm³/mol. The summed E-state index contributed by atoms with van der Waals surface area (Å²) >= 11 is 0. The quantitative estimate of drug-likeness (QED) is 0.375. The number of aromatic nitrogens is 7. The number of rotatable bonds is 6. The van der Waals surface area contributed by atoms with Crippen LogP contribution < -0.4 is 15.6 Å². The van der Waals surface area contributed by atoms with Gasteiger partial charge in [0.1, 0.15) is 17.6 Å². The monoisotopic (exact) mass is 496 g/mol. The van der Waals surface area contributed by atoms with Gasteiger partial charge in [0.05, 0.1) is 17.8 Å². The second-order valence-corrected chi connectivity index (χ2v) is 9.46. The molecule has 0 amide bonds. The Morgan fingerprint density at radius 3 is 2.51 bits per heavy atom. The number of aryl methyl sites for hydroxylation is 2. The Balaban J connectivity index is 1.28. The van der Waals surface area contributed by atoms with Crippen molar-refractivity contribution in [1.82, 2.24) is 34.3 Å². The predicted octanol–water partition coefficient (Wildman–Crippen LogP) is 4.23. The van der Waals surface area contributed by atoms with Gasteiger partial charge in [-0.3, -0.25) is 14.2 Å². The maximum absolute atomic E-state index is 11.6. The Morgan fingerprint density at radius 1 is 0.973 bits per heavy atom. The maximum Gasteiger partial charge on any atom is 0.266 e. The molecule has 4 aromatic heterocycles. The second-order valence-electron chi connectivity index (χ2n) is 9.46. The molecule has 0 atom stereocenters. The van der Waals surface area contributed by atoms with E-state index in [2.05, 4.69) is 31.2 Å². The third-order valence-electron chi connectivity index (χ3n) is 6.83. The molecule has 0 saturated heterocycles. The first-order chi connectivity index (χ1) is 18.0. The van der Waals surface area contributed by atoms with Crippen LogP contribution in [-0.2, 0) is 14.1 Å².